The molecular weight excluding hydrogens is 332 g/mol. The van der Waals surface area contributed by atoms with Crippen molar-refractivity contribution in [3.63, 3.8) is 0 Å². The second kappa shape index (κ2) is 5.91. The third-order valence-corrected chi connectivity index (χ3v) is 3.38. The van der Waals surface area contributed by atoms with Gasteiger partial charge in [-0.15, -0.1) is 0 Å². The molecule has 0 atom stereocenters. The van der Waals surface area contributed by atoms with E-state index in [4.69, 9.17) is 34.8 Å². The van der Waals surface area contributed by atoms with E-state index in [1.165, 1.54) is 12.1 Å². The average molecular weight is 338 g/mol. The summed E-state index contributed by atoms with van der Waals surface area (Å²) in [6, 6.07) is 3.67. The van der Waals surface area contributed by atoms with Crippen LogP contribution in [0.5, 0.6) is 0 Å². The van der Waals surface area contributed by atoms with Gasteiger partial charge >= 0.3 is 0 Å². The molecule has 104 valence electrons. The van der Waals surface area contributed by atoms with Gasteiger partial charge in [0.05, 0.1) is 26.3 Å². The van der Waals surface area contributed by atoms with Gasteiger partial charge in [0.2, 0.25) is 5.95 Å². The van der Waals surface area contributed by atoms with Crippen LogP contribution in [-0.2, 0) is 0 Å². The maximum atomic E-state index is 13.4. The highest BCUT2D eigenvalue weighted by atomic mass is 35.5. The SMILES string of the molecule is O=C(Nc1cc(Cl)c(Cl)cc1Cl)c1ccnc(F)c1F. The van der Waals surface area contributed by atoms with Crippen molar-refractivity contribution in [1.29, 1.82) is 0 Å². The molecule has 0 radical (unpaired) electrons. The number of anilines is 1. The van der Waals surface area contributed by atoms with Crippen LogP contribution in [0.1, 0.15) is 10.4 Å². The summed E-state index contributed by atoms with van der Waals surface area (Å²) in [6.45, 7) is 0. The van der Waals surface area contributed by atoms with Crippen LogP contribution in [0.25, 0.3) is 0 Å². The van der Waals surface area contributed by atoms with Crippen LogP contribution < -0.4 is 5.32 Å². The molecule has 3 nitrogen and oxygen atoms in total. The normalized spacial score (nSPS) is 10.4. The highest BCUT2D eigenvalue weighted by Gasteiger charge is 2.17. The summed E-state index contributed by atoms with van der Waals surface area (Å²) in [7, 11) is 0. The molecule has 1 aromatic carbocycles. The number of nitrogens with one attached hydrogen (secondary N) is 1. The van der Waals surface area contributed by atoms with Crippen LogP contribution in [0, 0.1) is 11.8 Å². The summed E-state index contributed by atoms with van der Waals surface area (Å²) in [5.74, 6) is -3.59. The van der Waals surface area contributed by atoms with Crippen molar-refractivity contribution in [1.82, 2.24) is 4.98 Å². The summed E-state index contributed by atoms with van der Waals surface area (Å²) < 4.78 is 26.4. The first-order chi connectivity index (χ1) is 9.40. The van der Waals surface area contributed by atoms with Crippen LogP contribution in [0.15, 0.2) is 24.4 Å². The number of rotatable bonds is 2. The van der Waals surface area contributed by atoms with E-state index in [9.17, 15) is 13.6 Å². The number of aromatic nitrogens is 1. The van der Waals surface area contributed by atoms with Crippen LogP contribution in [0.2, 0.25) is 15.1 Å². The van der Waals surface area contributed by atoms with Gasteiger partial charge in [0, 0.05) is 6.20 Å². The molecule has 0 aliphatic heterocycles. The average Bonchev–Trinajstić information content (AvgIpc) is 2.39. The van der Waals surface area contributed by atoms with Crippen molar-refractivity contribution in [3.05, 3.63) is 56.8 Å². The van der Waals surface area contributed by atoms with Gasteiger partial charge in [0.1, 0.15) is 0 Å². The molecule has 8 heteroatoms. The van der Waals surface area contributed by atoms with Gasteiger partial charge < -0.3 is 5.32 Å². The minimum Gasteiger partial charge on any atom is -0.320 e. The fraction of sp³-hybridized carbons (Fsp3) is 0. The monoisotopic (exact) mass is 336 g/mol. The molecule has 1 amide bonds. The van der Waals surface area contributed by atoms with E-state index in [1.54, 1.807) is 0 Å². The van der Waals surface area contributed by atoms with Gasteiger partial charge in [-0.25, -0.2) is 9.37 Å². The first-order valence-corrected chi connectivity index (χ1v) is 6.29. The number of halogens is 5. The zero-order valence-electron chi connectivity index (χ0n) is 9.55. The first-order valence-electron chi connectivity index (χ1n) is 5.16. The quantitative estimate of drug-likeness (QED) is 0.644. The minimum atomic E-state index is -1.36. The van der Waals surface area contributed by atoms with E-state index in [-0.39, 0.29) is 20.8 Å². The number of hydrogen-bond acceptors (Lipinski definition) is 2. The maximum absolute atomic E-state index is 13.4. The molecule has 0 aliphatic carbocycles. The van der Waals surface area contributed by atoms with Crippen molar-refractivity contribution in [2.24, 2.45) is 0 Å². The highest BCUT2D eigenvalue weighted by molar-refractivity contribution is 6.44. The summed E-state index contributed by atoms with van der Waals surface area (Å²) in [6.07, 6.45) is 0.976. The van der Waals surface area contributed by atoms with Crippen LogP contribution in [0.4, 0.5) is 14.5 Å². The molecule has 2 rings (SSSR count). The number of amides is 1. The Morgan fingerprint density at radius 1 is 1.10 bits per heavy atom. The number of carbonyl (C=O) groups excluding carboxylic acids is 1. The van der Waals surface area contributed by atoms with Gasteiger partial charge in [0.25, 0.3) is 5.91 Å². The molecule has 1 heterocycles. The first kappa shape index (κ1) is 15.0. The van der Waals surface area contributed by atoms with Crippen LogP contribution in [-0.4, -0.2) is 10.9 Å². The van der Waals surface area contributed by atoms with Crippen LogP contribution in [0.3, 0.4) is 0 Å². The summed E-state index contributed by atoms with van der Waals surface area (Å²) in [4.78, 5) is 14.9. The Kier molecular flexibility index (Phi) is 4.42. The second-order valence-electron chi connectivity index (χ2n) is 3.66. The predicted octanol–water partition coefficient (Wildman–Crippen LogP) is 4.57. The number of carbonyl (C=O) groups is 1. The van der Waals surface area contributed by atoms with E-state index in [2.05, 4.69) is 10.3 Å². The van der Waals surface area contributed by atoms with Gasteiger partial charge in [-0.2, -0.15) is 4.39 Å². The Labute approximate surface area is 127 Å². The van der Waals surface area contributed by atoms with E-state index in [0.717, 1.165) is 12.3 Å². The Bertz CT molecular complexity index is 695. The molecule has 0 spiro atoms. The second-order valence-corrected chi connectivity index (χ2v) is 4.89. The van der Waals surface area contributed by atoms with Crippen molar-refractivity contribution >= 4 is 46.4 Å². The molecule has 0 aliphatic rings. The molecule has 20 heavy (non-hydrogen) atoms. The third-order valence-electron chi connectivity index (χ3n) is 2.35. The molecule has 0 saturated carbocycles. The lowest BCUT2D eigenvalue weighted by Gasteiger charge is -2.09. The standard InChI is InChI=1S/C12H5Cl3F2N2O/c13-6-3-8(15)9(4-7(6)14)19-12(20)5-1-2-18-11(17)10(5)16/h1-4H,(H,19,20). The van der Waals surface area contributed by atoms with Gasteiger partial charge in [-0.3, -0.25) is 4.79 Å². The fourth-order valence-corrected chi connectivity index (χ4v) is 2.00. The van der Waals surface area contributed by atoms with E-state index in [0.29, 0.717) is 0 Å². The lowest BCUT2D eigenvalue weighted by Crippen LogP contribution is -2.15. The minimum absolute atomic E-state index is 0.114. The topological polar surface area (TPSA) is 42.0 Å². The molecule has 0 bridgehead atoms. The largest absolute Gasteiger partial charge is 0.320 e. The van der Waals surface area contributed by atoms with Crippen molar-refractivity contribution < 1.29 is 13.6 Å². The smallest absolute Gasteiger partial charge is 0.258 e. The Morgan fingerprint density at radius 2 is 1.75 bits per heavy atom. The lowest BCUT2D eigenvalue weighted by molar-refractivity contribution is 0.102. The number of benzene rings is 1. The fourth-order valence-electron chi connectivity index (χ4n) is 1.40. The molecule has 1 N–H and O–H groups in total. The van der Waals surface area contributed by atoms with Gasteiger partial charge in [-0.1, -0.05) is 34.8 Å². The Hall–Kier alpha value is -1.43. The highest BCUT2D eigenvalue weighted by Crippen LogP contribution is 2.32. The van der Waals surface area contributed by atoms with E-state index < -0.39 is 23.2 Å². The molecule has 0 saturated heterocycles. The Morgan fingerprint density at radius 3 is 2.45 bits per heavy atom. The Balaban J connectivity index is 2.33. The summed E-state index contributed by atoms with van der Waals surface area (Å²) in [5.41, 5.74) is -0.373. The molecule has 0 unspecified atom stereocenters. The van der Waals surface area contributed by atoms with Crippen molar-refractivity contribution in [3.8, 4) is 0 Å². The number of nitrogens with zero attached hydrogens (tertiary/aromatic N) is 1. The zero-order chi connectivity index (χ0) is 14.9. The van der Waals surface area contributed by atoms with E-state index >= 15 is 0 Å². The van der Waals surface area contributed by atoms with E-state index in [1.807, 2.05) is 0 Å². The predicted molar refractivity (Wildman–Crippen MR) is 73.6 cm³/mol. The maximum Gasteiger partial charge on any atom is 0.258 e. The van der Waals surface area contributed by atoms with Crippen LogP contribution >= 0.6 is 34.8 Å². The molecule has 0 fully saturated rings. The molecule has 1 aromatic heterocycles. The van der Waals surface area contributed by atoms with Crippen molar-refractivity contribution in [2.45, 2.75) is 0 Å². The zero-order valence-corrected chi connectivity index (χ0v) is 11.8. The summed E-state index contributed by atoms with van der Waals surface area (Å²) in [5, 5.41) is 2.79. The third kappa shape index (κ3) is 3.00. The number of hydrogen-bond donors (Lipinski definition) is 1. The number of pyridine rings is 1. The summed E-state index contributed by atoms with van der Waals surface area (Å²) >= 11 is 17.4. The molecular formula is C12H5Cl3F2N2O. The van der Waals surface area contributed by atoms with Gasteiger partial charge in [0.15, 0.2) is 5.82 Å². The molecule has 2 aromatic rings. The van der Waals surface area contributed by atoms with Gasteiger partial charge in [-0.05, 0) is 18.2 Å². The lowest BCUT2D eigenvalue weighted by atomic mass is 10.2. The van der Waals surface area contributed by atoms with Crippen molar-refractivity contribution in [2.75, 3.05) is 5.32 Å².